The number of hydrogen-bond donors (Lipinski definition) is 1. The van der Waals surface area contributed by atoms with Gasteiger partial charge in [0.05, 0.1) is 31.1 Å². The highest BCUT2D eigenvalue weighted by molar-refractivity contribution is 5.64. The number of fused-ring (bicyclic) bond motifs is 2. The second-order valence-electron chi connectivity index (χ2n) is 7.93. The molecule has 3 fully saturated rings. The Bertz CT molecular complexity index is 844. The third kappa shape index (κ3) is 3.35. The van der Waals surface area contributed by atoms with Crippen molar-refractivity contribution in [3.05, 3.63) is 18.5 Å². The van der Waals surface area contributed by atoms with E-state index in [2.05, 4.69) is 31.7 Å². The van der Waals surface area contributed by atoms with Gasteiger partial charge in [-0.15, -0.1) is 0 Å². The maximum absolute atomic E-state index is 5.77. The molecule has 2 aromatic rings. The Morgan fingerprint density at radius 2 is 1.96 bits per heavy atom. The van der Waals surface area contributed by atoms with Gasteiger partial charge >= 0.3 is 0 Å². The number of nitrogens with zero attached hydrogens (tertiary/aromatic N) is 7. The number of morpholine rings is 1. The van der Waals surface area contributed by atoms with E-state index < -0.39 is 0 Å². The number of anilines is 3. The molecule has 0 amide bonds. The molecule has 2 aromatic heterocycles. The Morgan fingerprint density at radius 3 is 2.71 bits per heavy atom. The molecule has 9 nitrogen and oxygen atoms in total. The molecule has 3 aliphatic rings. The molecule has 5 rings (SSSR count). The molecule has 3 saturated heterocycles. The molecule has 0 aromatic carbocycles. The molecule has 2 bridgehead atoms. The van der Waals surface area contributed by atoms with Crippen LogP contribution in [0.25, 0.3) is 11.3 Å². The van der Waals surface area contributed by atoms with Crippen molar-refractivity contribution in [1.29, 1.82) is 0 Å². The molecule has 0 spiro atoms. The summed E-state index contributed by atoms with van der Waals surface area (Å²) in [5.41, 5.74) is 7.34. The minimum atomic E-state index is 0.265. The van der Waals surface area contributed by atoms with Crippen LogP contribution in [0.2, 0.25) is 0 Å². The molecule has 5 heterocycles. The molecule has 0 aliphatic carbocycles. The fraction of sp³-hybridized carbons (Fsp3) is 0.579. The number of hydrogen-bond acceptors (Lipinski definition) is 9. The minimum absolute atomic E-state index is 0.265. The smallest absolute Gasteiger partial charge is 0.228 e. The van der Waals surface area contributed by atoms with Crippen molar-refractivity contribution in [2.75, 3.05) is 55.5 Å². The highest BCUT2D eigenvalue weighted by atomic mass is 16.5. The summed E-state index contributed by atoms with van der Waals surface area (Å²) < 4.78 is 5.77. The van der Waals surface area contributed by atoms with Crippen molar-refractivity contribution >= 4 is 17.7 Å². The molecule has 28 heavy (non-hydrogen) atoms. The van der Waals surface area contributed by atoms with Gasteiger partial charge in [0, 0.05) is 37.1 Å². The lowest BCUT2D eigenvalue weighted by atomic mass is 10.2. The highest BCUT2D eigenvalue weighted by Crippen LogP contribution is 2.34. The molecule has 9 heteroatoms. The lowest BCUT2D eigenvalue weighted by Gasteiger charge is -2.30. The molecular weight excluding hydrogens is 356 g/mol. The van der Waals surface area contributed by atoms with Gasteiger partial charge < -0.3 is 20.3 Å². The summed E-state index contributed by atoms with van der Waals surface area (Å²) in [7, 11) is 2.15. The number of ether oxygens (including phenoxy) is 1. The lowest BCUT2D eigenvalue weighted by Crippen LogP contribution is -2.39. The molecule has 2 unspecified atom stereocenters. The Kier molecular flexibility index (Phi) is 4.48. The maximum Gasteiger partial charge on any atom is 0.228 e. The summed E-state index contributed by atoms with van der Waals surface area (Å²) in [4.78, 5) is 25.1. The van der Waals surface area contributed by atoms with E-state index in [1.807, 2.05) is 6.07 Å². The highest BCUT2D eigenvalue weighted by Gasteiger charge is 2.40. The van der Waals surface area contributed by atoms with Crippen LogP contribution in [-0.4, -0.2) is 76.9 Å². The number of rotatable bonds is 3. The molecule has 148 valence electrons. The average Bonchev–Trinajstić information content (AvgIpc) is 3.27. The number of nitrogen functional groups attached to an aromatic ring is 1. The van der Waals surface area contributed by atoms with Crippen molar-refractivity contribution < 1.29 is 4.74 Å². The zero-order valence-corrected chi connectivity index (χ0v) is 16.2. The largest absolute Gasteiger partial charge is 0.374 e. The van der Waals surface area contributed by atoms with Crippen LogP contribution in [-0.2, 0) is 4.74 Å². The van der Waals surface area contributed by atoms with E-state index >= 15 is 0 Å². The number of nitrogens with two attached hydrogens (primary N) is 1. The Labute approximate surface area is 164 Å². The standard InChI is InChI=1S/C19H26N8O/c1-25-4-2-3-5-26(12-25)19-23-16(13-8-21-18(20)22-9-13)7-17(24-19)27-10-15-6-14(27)11-28-15/h7-9,14-15H,2-6,10-12H2,1H3,(H2,20,21,22). The predicted octanol–water partition coefficient (Wildman–Crippen LogP) is 0.983. The van der Waals surface area contributed by atoms with Crippen molar-refractivity contribution in [3.8, 4) is 11.3 Å². The Balaban J connectivity index is 1.54. The quantitative estimate of drug-likeness (QED) is 0.833. The summed E-state index contributed by atoms with van der Waals surface area (Å²) >= 11 is 0. The van der Waals surface area contributed by atoms with Crippen LogP contribution >= 0.6 is 0 Å². The van der Waals surface area contributed by atoms with Gasteiger partial charge in [0.25, 0.3) is 0 Å². The van der Waals surface area contributed by atoms with Gasteiger partial charge in [0.1, 0.15) is 5.82 Å². The molecule has 0 saturated carbocycles. The molecule has 2 N–H and O–H groups in total. The van der Waals surface area contributed by atoms with Crippen LogP contribution in [0.3, 0.4) is 0 Å². The third-order valence-corrected chi connectivity index (χ3v) is 5.78. The first-order valence-corrected chi connectivity index (χ1v) is 9.94. The van der Waals surface area contributed by atoms with Crippen LogP contribution in [0.15, 0.2) is 18.5 Å². The summed E-state index contributed by atoms with van der Waals surface area (Å²) in [5, 5.41) is 0. The fourth-order valence-corrected chi connectivity index (χ4v) is 4.29. The van der Waals surface area contributed by atoms with Gasteiger partial charge in [-0.05, 0) is 32.9 Å². The van der Waals surface area contributed by atoms with Gasteiger partial charge in [0.15, 0.2) is 0 Å². The monoisotopic (exact) mass is 382 g/mol. The fourth-order valence-electron chi connectivity index (χ4n) is 4.29. The Hall–Kier alpha value is -2.52. The topological polar surface area (TPSA) is 96.5 Å². The first kappa shape index (κ1) is 17.6. The summed E-state index contributed by atoms with van der Waals surface area (Å²) in [6.07, 6.45) is 7.18. The van der Waals surface area contributed by atoms with Crippen LogP contribution in [0, 0.1) is 0 Å². The predicted molar refractivity (Wildman–Crippen MR) is 107 cm³/mol. The normalized spacial score (nSPS) is 25.3. The van der Waals surface area contributed by atoms with Crippen molar-refractivity contribution in [2.45, 2.75) is 31.4 Å². The Morgan fingerprint density at radius 1 is 1.14 bits per heavy atom. The van der Waals surface area contributed by atoms with Gasteiger partial charge in [-0.1, -0.05) is 0 Å². The van der Waals surface area contributed by atoms with Crippen molar-refractivity contribution in [3.63, 3.8) is 0 Å². The SMILES string of the molecule is CN1CCCCN(c2nc(-c3cnc(N)nc3)cc(N3CC4CC3CO4)n2)C1. The number of aromatic nitrogens is 4. The van der Waals surface area contributed by atoms with Crippen LogP contribution < -0.4 is 15.5 Å². The van der Waals surface area contributed by atoms with Crippen molar-refractivity contribution in [1.82, 2.24) is 24.8 Å². The van der Waals surface area contributed by atoms with Gasteiger partial charge in [-0.25, -0.2) is 15.0 Å². The molecule has 3 aliphatic heterocycles. The van der Waals surface area contributed by atoms with E-state index in [-0.39, 0.29) is 5.95 Å². The van der Waals surface area contributed by atoms with E-state index in [0.29, 0.717) is 12.1 Å². The zero-order valence-electron chi connectivity index (χ0n) is 16.2. The van der Waals surface area contributed by atoms with E-state index in [9.17, 15) is 0 Å². The maximum atomic E-state index is 5.77. The second-order valence-corrected chi connectivity index (χ2v) is 7.93. The van der Waals surface area contributed by atoms with Crippen LogP contribution in [0.5, 0.6) is 0 Å². The molecular formula is C19H26N8O. The second kappa shape index (κ2) is 7.14. The lowest BCUT2D eigenvalue weighted by molar-refractivity contribution is 0.0989. The minimum Gasteiger partial charge on any atom is -0.374 e. The van der Waals surface area contributed by atoms with Crippen LogP contribution in [0.1, 0.15) is 19.3 Å². The van der Waals surface area contributed by atoms with Gasteiger partial charge in [0.2, 0.25) is 11.9 Å². The van der Waals surface area contributed by atoms with E-state index in [4.69, 9.17) is 20.4 Å². The molecule has 0 radical (unpaired) electrons. The first-order chi connectivity index (χ1) is 13.7. The summed E-state index contributed by atoms with van der Waals surface area (Å²) in [6.45, 7) is 4.55. The average molecular weight is 382 g/mol. The van der Waals surface area contributed by atoms with E-state index in [0.717, 1.165) is 68.8 Å². The zero-order chi connectivity index (χ0) is 19.1. The summed E-state index contributed by atoms with van der Waals surface area (Å²) in [5.74, 6) is 1.99. The first-order valence-electron chi connectivity index (χ1n) is 9.94. The van der Waals surface area contributed by atoms with Gasteiger partial charge in [-0.2, -0.15) is 4.98 Å². The van der Waals surface area contributed by atoms with Crippen molar-refractivity contribution in [2.24, 2.45) is 0 Å². The van der Waals surface area contributed by atoms with Gasteiger partial charge in [-0.3, -0.25) is 4.90 Å². The third-order valence-electron chi connectivity index (χ3n) is 5.78. The molecule has 2 atom stereocenters. The van der Waals surface area contributed by atoms with Crippen LogP contribution in [0.4, 0.5) is 17.7 Å². The van der Waals surface area contributed by atoms with E-state index in [1.54, 1.807) is 12.4 Å². The summed E-state index contributed by atoms with van der Waals surface area (Å²) in [6, 6.07) is 2.44. The van der Waals surface area contributed by atoms with E-state index in [1.165, 1.54) is 6.42 Å².